The molecule has 10 heavy (non-hydrogen) atoms. The summed E-state index contributed by atoms with van der Waals surface area (Å²) in [5.41, 5.74) is 5.88. The Hall–Kier alpha value is -0.0800. The van der Waals surface area contributed by atoms with Crippen LogP contribution in [-0.2, 0) is 0 Å². The van der Waals surface area contributed by atoms with Gasteiger partial charge in [0.25, 0.3) is 0 Å². The second kappa shape index (κ2) is 2.89. The summed E-state index contributed by atoms with van der Waals surface area (Å²) in [6, 6.07) is 0. The zero-order valence-corrected chi connectivity index (χ0v) is 7.94. The first kappa shape index (κ1) is 9.92. The van der Waals surface area contributed by atoms with Crippen molar-refractivity contribution in [3.63, 3.8) is 0 Å². The van der Waals surface area contributed by atoms with Crippen molar-refractivity contribution in [1.82, 2.24) is 0 Å². The van der Waals surface area contributed by atoms with Crippen LogP contribution in [0.2, 0.25) is 0 Å². The van der Waals surface area contributed by atoms with E-state index in [2.05, 4.69) is 35.0 Å². The van der Waals surface area contributed by atoms with E-state index in [9.17, 15) is 0 Å². The molecule has 0 aliphatic carbocycles. The Morgan fingerprint density at radius 2 is 1.60 bits per heavy atom. The van der Waals surface area contributed by atoms with Crippen LogP contribution in [0.3, 0.4) is 0 Å². The van der Waals surface area contributed by atoms with E-state index in [1.54, 1.807) is 0 Å². The van der Waals surface area contributed by atoms with Gasteiger partial charge < -0.3 is 10.2 Å². The van der Waals surface area contributed by atoms with Crippen LogP contribution in [0.5, 0.6) is 0 Å². The molecule has 0 heterocycles. The quantitative estimate of drug-likeness (QED) is 0.581. The van der Waals surface area contributed by atoms with E-state index in [0.717, 1.165) is 17.6 Å². The molecule has 0 saturated heterocycles. The molecule has 0 fully saturated rings. The fraction of sp³-hybridized carbons (Fsp3) is 1.00. The normalized spacial score (nSPS) is 13.8. The minimum absolute atomic E-state index is 0.276. The molecule has 0 bridgehead atoms. The van der Waals surface area contributed by atoms with E-state index in [1.165, 1.54) is 0 Å². The van der Waals surface area contributed by atoms with Crippen molar-refractivity contribution in [1.29, 1.82) is 0 Å². The molecule has 0 saturated carbocycles. The third kappa shape index (κ3) is 4.77. The molecule has 0 radical (unpaired) electrons. The first-order valence-corrected chi connectivity index (χ1v) is 3.77. The summed E-state index contributed by atoms with van der Waals surface area (Å²) in [5, 5.41) is 0. The molecule has 2 heteroatoms. The third-order valence-electron chi connectivity index (χ3n) is 1.45. The van der Waals surface area contributed by atoms with E-state index in [-0.39, 0.29) is 5.41 Å². The highest BCUT2D eigenvalue weighted by atomic mass is 15.3. The number of hydrogen-bond acceptors (Lipinski definition) is 1. The Balaban J connectivity index is 3.89. The Morgan fingerprint density at radius 3 is 1.70 bits per heavy atom. The molecule has 0 atom stereocenters. The highest BCUT2D eigenvalue weighted by Crippen LogP contribution is 2.15. The average molecular weight is 145 g/mol. The summed E-state index contributed by atoms with van der Waals surface area (Å²) in [5.74, 6) is 0. The molecule has 2 nitrogen and oxygen atoms in total. The molecule has 2 N–H and O–H groups in total. The predicted molar refractivity (Wildman–Crippen MR) is 45.7 cm³/mol. The highest BCUT2D eigenvalue weighted by molar-refractivity contribution is 4.67. The van der Waals surface area contributed by atoms with Crippen LogP contribution in [0.25, 0.3) is 0 Å². The summed E-state index contributed by atoms with van der Waals surface area (Å²) in [7, 11) is 6.58. The lowest BCUT2D eigenvalue weighted by molar-refractivity contribution is -0.876. The van der Waals surface area contributed by atoms with Crippen molar-refractivity contribution >= 4 is 0 Å². The zero-order chi connectivity index (χ0) is 8.41. The minimum Gasteiger partial charge on any atom is -0.330 e. The van der Waals surface area contributed by atoms with Gasteiger partial charge in [-0.15, -0.1) is 0 Å². The molecule has 0 rings (SSSR count). The summed E-state index contributed by atoms with van der Waals surface area (Å²) < 4.78 is 0.990. The fourth-order valence-corrected chi connectivity index (χ4v) is 1.35. The van der Waals surface area contributed by atoms with Crippen molar-refractivity contribution in [2.75, 3.05) is 34.2 Å². The molecule has 0 aromatic carbocycles. The van der Waals surface area contributed by atoms with E-state index in [1.807, 2.05) is 0 Å². The van der Waals surface area contributed by atoms with Crippen LogP contribution >= 0.6 is 0 Å². The van der Waals surface area contributed by atoms with Crippen LogP contribution in [0, 0.1) is 5.41 Å². The molecule has 0 aliphatic heterocycles. The van der Waals surface area contributed by atoms with E-state index in [0.29, 0.717) is 0 Å². The van der Waals surface area contributed by atoms with Gasteiger partial charge in [-0.25, -0.2) is 0 Å². The highest BCUT2D eigenvalue weighted by Gasteiger charge is 2.23. The van der Waals surface area contributed by atoms with Gasteiger partial charge in [-0.1, -0.05) is 13.8 Å². The zero-order valence-electron chi connectivity index (χ0n) is 7.94. The molecule has 0 amide bonds. The Labute approximate surface area is 64.6 Å². The number of hydrogen-bond donors (Lipinski definition) is 1. The molecule has 0 aromatic rings. The summed E-state index contributed by atoms with van der Waals surface area (Å²) in [6.45, 7) is 6.30. The van der Waals surface area contributed by atoms with Gasteiger partial charge in [0.05, 0.1) is 27.7 Å². The molecule has 0 aromatic heterocycles. The summed E-state index contributed by atoms with van der Waals surface area (Å²) in [4.78, 5) is 0. The standard InChI is InChI=1S/C8H21N2/c1-8(2,6-9)7-10(3,4)5/h6-7,9H2,1-5H3/q+1. The van der Waals surface area contributed by atoms with Crippen molar-refractivity contribution in [2.24, 2.45) is 11.1 Å². The second-order valence-electron chi connectivity index (χ2n) is 4.82. The average Bonchev–Trinajstić information content (AvgIpc) is 1.60. The van der Waals surface area contributed by atoms with Gasteiger partial charge in [0.2, 0.25) is 0 Å². The van der Waals surface area contributed by atoms with Crippen LogP contribution in [0.4, 0.5) is 0 Å². The maximum absolute atomic E-state index is 5.60. The summed E-state index contributed by atoms with van der Waals surface area (Å²) in [6.07, 6.45) is 0. The number of nitrogens with zero attached hydrogens (tertiary/aromatic N) is 1. The molecular weight excluding hydrogens is 124 g/mol. The van der Waals surface area contributed by atoms with Gasteiger partial charge in [-0.05, 0) is 0 Å². The van der Waals surface area contributed by atoms with Gasteiger partial charge in [0, 0.05) is 12.0 Å². The van der Waals surface area contributed by atoms with Crippen LogP contribution < -0.4 is 5.73 Å². The lowest BCUT2D eigenvalue weighted by Gasteiger charge is -2.33. The largest absolute Gasteiger partial charge is 0.330 e. The first-order chi connectivity index (χ1) is 4.27. The summed E-state index contributed by atoms with van der Waals surface area (Å²) >= 11 is 0. The molecule has 0 unspecified atom stereocenters. The van der Waals surface area contributed by atoms with Gasteiger partial charge in [-0.2, -0.15) is 0 Å². The second-order valence-corrected chi connectivity index (χ2v) is 4.82. The first-order valence-electron chi connectivity index (χ1n) is 3.77. The van der Waals surface area contributed by atoms with Crippen molar-refractivity contribution in [2.45, 2.75) is 13.8 Å². The van der Waals surface area contributed by atoms with E-state index >= 15 is 0 Å². The maximum Gasteiger partial charge on any atom is 0.0844 e. The SMILES string of the molecule is CC(C)(CN)C[N+](C)(C)C. The lowest BCUT2D eigenvalue weighted by Crippen LogP contribution is -2.45. The number of rotatable bonds is 3. The third-order valence-corrected chi connectivity index (χ3v) is 1.45. The number of quaternary nitrogens is 1. The maximum atomic E-state index is 5.60. The Kier molecular flexibility index (Phi) is 2.86. The molecule has 0 spiro atoms. The van der Waals surface area contributed by atoms with Gasteiger partial charge >= 0.3 is 0 Å². The topological polar surface area (TPSA) is 26.0 Å². The van der Waals surface area contributed by atoms with Crippen LogP contribution in [0.1, 0.15) is 13.8 Å². The van der Waals surface area contributed by atoms with Crippen molar-refractivity contribution in [3.05, 3.63) is 0 Å². The predicted octanol–water partition coefficient (Wildman–Crippen LogP) is 0.677. The lowest BCUT2D eigenvalue weighted by atomic mass is 9.93. The molecule has 62 valence electrons. The van der Waals surface area contributed by atoms with Gasteiger partial charge in [-0.3, -0.25) is 0 Å². The monoisotopic (exact) mass is 145 g/mol. The number of nitrogens with two attached hydrogens (primary N) is 1. The van der Waals surface area contributed by atoms with Crippen LogP contribution in [-0.4, -0.2) is 38.7 Å². The van der Waals surface area contributed by atoms with E-state index < -0.39 is 0 Å². The Bertz CT molecular complexity index is 100. The van der Waals surface area contributed by atoms with E-state index in [4.69, 9.17) is 5.73 Å². The van der Waals surface area contributed by atoms with Crippen LogP contribution in [0.15, 0.2) is 0 Å². The molecule has 0 aliphatic rings. The smallest absolute Gasteiger partial charge is 0.0844 e. The van der Waals surface area contributed by atoms with Crippen molar-refractivity contribution < 1.29 is 4.48 Å². The van der Waals surface area contributed by atoms with Gasteiger partial charge in [0.1, 0.15) is 0 Å². The van der Waals surface area contributed by atoms with Crippen molar-refractivity contribution in [3.8, 4) is 0 Å². The fourth-order valence-electron chi connectivity index (χ4n) is 1.35. The molecular formula is C8H21N2+. The van der Waals surface area contributed by atoms with Gasteiger partial charge in [0.15, 0.2) is 0 Å². The Morgan fingerprint density at radius 1 is 1.20 bits per heavy atom. The minimum atomic E-state index is 0.276.